The van der Waals surface area contributed by atoms with Crippen LogP contribution in [0.3, 0.4) is 0 Å². The summed E-state index contributed by atoms with van der Waals surface area (Å²) in [7, 11) is 0. The maximum Gasteiger partial charge on any atom is 0.322 e. The number of rotatable bonds is 5. The van der Waals surface area contributed by atoms with Crippen LogP contribution in [-0.4, -0.2) is 23.7 Å². The van der Waals surface area contributed by atoms with Gasteiger partial charge in [0, 0.05) is 12.1 Å². The number of fused-ring (bicyclic) bond motifs is 1. The highest BCUT2D eigenvalue weighted by atomic mass is 16.5. The van der Waals surface area contributed by atoms with E-state index in [2.05, 4.69) is 5.32 Å². The van der Waals surface area contributed by atoms with Crippen LogP contribution in [-0.2, 0) is 16.1 Å². The molecule has 2 aromatic carbocycles. The molecule has 0 radical (unpaired) electrons. The molecule has 4 heteroatoms. The Morgan fingerprint density at radius 3 is 2.80 bits per heavy atom. The predicted molar refractivity (Wildman–Crippen MR) is 78.5 cm³/mol. The quantitative estimate of drug-likeness (QED) is 0.822. The van der Waals surface area contributed by atoms with E-state index < -0.39 is 6.04 Å². The van der Waals surface area contributed by atoms with Crippen LogP contribution < -0.4 is 5.32 Å². The number of hydrogen-bond donors (Lipinski definition) is 2. The van der Waals surface area contributed by atoms with Gasteiger partial charge in [0.05, 0.1) is 6.61 Å². The van der Waals surface area contributed by atoms with E-state index >= 15 is 0 Å². The number of aromatic hydroxyl groups is 1. The van der Waals surface area contributed by atoms with E-state index in [1.165, 1.54) is 0 Å². The molecule has 0 bridgehead atoms. The van der Waals surface area contributed by atoms with Gasteiger partial charge in [-0.05, 0) is 30.7 Å². The standard InChI is InChI=1S/C16H19NO3/c1-3-20-16(19)11(2)17-10-14-13-7-5-4-6-12(13)8-9-15(14)18/h4-9,11,17-18H,3,10H2,1-2H3. The van der Waals surface area contributed by atoms with Gasteiger partial charge in [0.15, 0.2) is 0 Å². The predicted octanol–water partition coefficient (Wildman–Crippen LogP) is 2.59. The van der Waals surface area contributed by atoms with Crippen LogP contribution in [0.15, 0.2) is 36.4 Å². The summed E-state index contributed by atoms with van der Waals surface area (Å²) in [6.45, 7) is 4.30. The molecule has 1 atom stereocenters. The summed E-state index contributed by atoms with van der Waals surface area (Å²) in [4.78, 5) is 11.6. The summed E-state index contributed by atoms with van der Waals surface area (Å²) in [6.07, 6.45) is 0. The summed E-state index contributed by atoms with van der Waals surface area (Å²) in [5.41, 5.74) is 0.791. The Kier molecular flexibility index (Phi) is 4.58. The van der Waals surface area contributed by atoms with Gasteiger partial charge in [0.2, 0.25) is 0 Å². The summed E-state index contributed by atoms with van der Waals surface area (Å²) in [5.74, 6) is -0.0560. The second-order valence-corrected chi connectivity index (χ2v) is 4.64. The van der Waals surface area contributed by atoms with E-state index in [1.54, 1.807) is 19.9 Å². The Balaban J connectivity index is 2.17. The van der Waals surface area contributed by atoms with Crippen molar-refractivity contribution in [3.63, 3.8) is 0 Å². The van der Waals surface area contributed by atoms with Gasteiger partial charge in [-0.15, -0.1) is 0 Å². The first-order valence-corrected chi connectivity index (χ1v) is 6.73. The lowest BCUT2D eigenvalue weighted by Crippen LogP contribution is -2.34. The largest absolute Gasteiger partial charge is 0.508 e. The smallest absolute Gasteiger partial charge is 0.322 e. The molecule has 0 aliphatic carbocycles. The number of carbonyl (C=O) groups excluding carboxylic acids is 1. The molecule has 0 aliphatic heterocycles. The molecule has 0 aliphatic rings. The molecule has 0 amide bonds. The highest BCUT2D eigenvalue weighted by molar-refractivity contribution is 5.87. The first-order chi connectivity index (χ1) is 9.63. The number of phenols is 1. The van der Waals surface area contributed by atoms with Gasteiger partial charge in [0.1, 0.15) is 11.8 Å². The minimum Gasteiger partial charge on any atom is -0.508 e. The van der Waals surface area contributed by atoms with Crippen molar-refractivity contribution in [3.8, 4) is 5.75 Å². The Bertz CT molecular complexity index is 610. The van der Waals surface area contributed by atoms with E-state index in [0.29, 0.717) is 13.2 Å². The minimum absolute atomic E-state index is 0.229. The van der Waals surface area contributed by atoms with Gasteiger partial charge in [-0.1, -0.05) is 30.3 Å². The number of esters is 1. The summed E-state index contributed by atoms with van der Waals surface area (Å²) < 4.78 is 4.95. The molecule has 0 heterocycles. The van der Waals surface area contributed by atoms with Crippen LogP contribution in [0.25, 0.3) is 10.8 Å². The van der Waals surface area contributed by atoms with Crippen molar-refractivity contribution in [3.05, 3.63) is 42.0 Å². The number of nitrogens with one attached hydrogen (secondary N) is 1. The van der Waals surface area contributed by atoms with E-state index in [0.717, 1.165) is 16.3 Å². The minimum atomic E-state index is -0.409. The van der Waals surface area contributed by atoms with Crippen molar-refractivity contribution in [1.29, 1.82) is 0 Å². The molecule has 0 fully saturated rings. The maximum absolute atomic E-state index is 11.6. The molecule has 0 spiro atoms. The molecule has 1 unspecified atom stereocenters. The average molecular weight is 273 g/mol. The normalized spacial score (nSPS) is 12.3. The molecule has 0 aromatic heterocycles. The number of hydrogen-bond acceptors (Lipinski definition) is 4. The Hall–Kier alpha value is -2.07. The van der Waals surface area contributed by atoms with Gasteiger partial charge in [-0.3, -0.25) is 4.79 Å². The third-order valence-corrected chi connectivity index (χ3v) is 3.24. The fraction of sp³-hybridized carbons (Fsp3) is 0.312. The highest BCUT2D eigenvalue weighted by Gasteiger charge is 2.14. The zero-order chi connectivity index (χ0) is 14.5. The number of carbonyl (C=O) groups is 1. The zero-order valence-corrected chi connectivity index (χ0v) is 11.7. The van der Waals surface area contributed by atoms with Gasteiger partial charge in [-0.2, -0.15) is 0 Å². The van der Waals surface area contributed by atoms with Gasteiger partial charge in [-0.25, -0.2) is 0 Å². The lowest BCUT2D eigenvalue weighted by Gasteiger charge is -2.14. The van der Waals surface area contributed by atoms with Gasteiger partial charge < -0.3 is 15.2 Å². The summed E-state index contributed by atoms with van der Waals surface area (Å²) in [6, 6.07) is 11.0. The Morgan fingerprint density at radius 2 is 2.05 bits per heavy atom. The Labute approximate surface area is 118 Å². The topological polar surface area (TPSA) is 58.6 Å². The van der Waals surface area contributed by atoms with Crippen LogP contribution >= 0.6 is 0 Å². The lowest BCUT2D eigenvalue weighted by molar-refractivity contribution is -0.145. The van der Waals surface area contributed by atoms with Crippen LogP contribution in [0.4, 0.5) is 0 Å². The molecule has 2 aromatic rings. The third kappa shape index (κ3) is 3.08. The first kappa shape index (κ1) is 14.3. The van der Waals surface area contributed by atoms with Crippen LogP contribution in [0.2, 0.25) is 0 Å². The molecule has 4 nitrogen and oxygen atoms in total. The number of ether oxygens (including phenoxy) is 1. The van der Waals surface area contributed by atoms with E-state index in [4.69, 9.17) is 4.74 Å². The second-order valence-electron chi connectivity index (χ2n) is 4.64. The fourth-order valence-electron chi connectivity index (χ4n) is 2.12. The molecular weight excluding hydrogens is 254 g/mol. The van der Waals surface area contributed by atoms with E-state index in [9.17, 15) is 9.90 Å². The number of benzene rings is 2. The van der Waals surface area contributed by atoms with Crippen molar-refractivity contribution in [2.75, 3.05) is 6.61 Å². The molecule has 20 heavy (non-hydrogen) atoms. The molecule has 2 N–H and O–H groups in total. The van der Waals surface area contributed by atoms with Gasteiger partial charge >= 0.3 is 5.97 Å². The molecule has 2 rings (SSSR count). The summed E-state index contributed by atoms with van der Waals surface area (Å²) in [5, 5.41) is 15.1. The SMILES string of the molecule is CCOC(=O)C(C)NCc1c(O)ccc2ccccc12. The molecule has 106 valence electrons. The average Bonchev–Trinajstić information content (AvgIpc) is 2.46. The zero-order valence-electron chi connectivity index (χ0n) is 11.7. The fourth-order valence-corrected chi connectivity index (χ4v) is 2.12. The second kappa shape index (κ2) is 6.39. The van der Waals surface area contributed by atoms with Crippen LogP contribution in [0.5, 0.6) is 5.75 Å². The first-order valence-electron chi connectivity index (χ1n) is 6.73. The van der Waals surface area contributed by atoms with E-state index in [1.807, 2.05) is 30.3 Å². The van der Waals surface area contributed by atoms with Crippen LogP contribution in [0.1, 0.15) is 19.4 Å². The van der Waals surface area contributed by atoms with Gasteiger partial charge in [0.25, 0.3) is 0 Å². The van der Waals surface area contributed by atoms with Crippen molar-refractivity contribution in [2.45, 2.75) is 26.4 Å². The van der Waals surface area contributed by atoms with Crippen LogP contribution in [0, 0.1) is 0 Å². The number of phenolic OH excluding ortho intramolecular Hbond substituents is 1. The molecule has 0 saturated carbocycles. The van der Waals surface area contributed by atoms with Crippen molar-refractivity contribution >= 4 is 16.7 Å². The van der Waals surface area contributed by atoms with Crippen molar-refractivity contribution in [1.82, 2.24) is 5.32 Å². The molecular formula is C16H19NO3. The van der Waals surface area contributed by atoms with Crippen molar-refractivity contribution < 1.29 is 14.6 Å². The van der Waals surface area contributed by atoms with Crippen molar-refractivity contribution in [2.24, 2.45) is 0 Å². The van der Waals surface area contributed by atoms with E-state index in [-0.39, 0.29) is 11.7 Å². The Morgan fingerprint density at radius 1 is 1.30 bits per heavy atom. The molecule has 0 saturated heterocycles. The lowest BCUT2D eigenvalue weighted by atomic mass is 10.0. The maximum atomic E-state index is 11.6. The third-order valence-electron chi connectivity index (χ3n) is 3.24. The highest BCUT2D eigenvalue weighted by Crippen LogP contribution is 2.26. The summed E-state index contributed by atoms with van der Waals surface area (Å²) >= 11 is 0. The monoisotopic (exact) mass is 273 g/mol.